The first-order valence-corrected chi connectivity index (χ1v) is 6.60. The third kappa shape index (κ3) is 2.64. The fraction of sp³-hybridized carbons (Fsp3) is 0.308. The normalized spacial score (nSPS) is 17.3. The van der Waals surface area contributed by atoms with Gasteiger partial charge in [-0.3, -0.25) is 14.5 Å². The number of nitrogens with one attached hydrogen (secondary N) is 1. The minimum Gasteiger partial charge on any atom is -0.324 e. The van der Waals surface area contributed by atoms with Crippen LogP contribution in [0.15, 0.2) is 18.2 Å². The van der Waals surface area contributed by atoms with Gasteiger partial charge < -0.3 is 5.32 Å². The van der Waals surface area contributed by atoms with Crippen molar-refractivity contribution >= 4 is 40.9 Å². The fourth-order valence-electron chi connectivity index (χ4n) is 1.90. The van der Waals surface area contributed by atoms with Crippen molar-refractivity contribution in [1.29, 1.82) is 0 Å². The standard InChI is InChI=1S/C13H12Cl2N2O3/c1-13(2)11(19)17(12(20)16-13)6-10(18)8-5-7(14)3-4-9(8)15/h3-5H,6H2,1-2H3,(H,16,20). The summed E-state index contributed by atoms with van der Waals surface area (Å²) in [7, 11) is 0. The number of hydrogen-bond acceptors (Lipinski definition) is 3. The lowest BCUT2D eigenvalue weighted by Crippen LogP contribution is -2.41. The van der Waals surface area contributed by atoms with Gasteiger partial charge in [-0.15, -0.1) is 0 Å². The summed E-state index contributed by atoms with van der Waals surface area (Å²) < 4.78 is 0. The SMILES string of the molecule is CC1(C)NC(=O)N(CC(=O)c2cc(Cl)ccc2Cl)C1=O. The highest BCUT2D eigenvalue weighted by Crippen LogP contribution is 2.23. The van der Waals surface area contributed by atoms with Crippen molar-refractivity contribution in [3.63, 3.8) is 0 Å². The maximum atomic E-state index is 12.2. The van der Waals surface area contributed by atoms with E-state index in [0.29, 0.717) is 5.02 Å². The van der Waals surface area contributed by atoms with Gasteiger partial charge >= 0.3 is 6.03 Å². The number of nitrogens with zero attached hydrogens (tertiary/aromatic N) is 1. The number of Topliss-reactive ketones (excluding diaryl/α,β-unsaturated/α-hetero) is 1. The van der Waals surface area contributed by atoms with Crippen LogP contribution in [0.25, 0.3) is 0 Å². The van der Waals surface area contributed by atoms with Crippen LogP contribution >= 0.6 is 23.2 Å². The predicted molar refractivity (Wildman–Crippen MR) is 75.1 cm³/mol. The van der Waals surface area contributed by atoms with Gasteiger partial charge in [-0.1, -0.05) is 23.2 Å². The molecule has 2 rings (SSSR count). The number of halogens is 2. The van der Waals surface area contributed by atoms with Gasteiger partial charge in [-0.05, 0) is 32.0 Å². The van der Waals surface area contributed by atoms with E-state index in [2.05, 4.69) is 5.32 Å². The highest BCUT2D eigenvalue weighted by molar-refractivity contribution is 6.36. The average Bonchev–Trinajstić information content (AvgIpc) is 2.54. The Kier molecular flexibility index (Phi) is 3.75. The Balaban J connectivity index is 2.22. The first-order valence-electron chi connectivity index (χ1n) is 5.85. The van der Waals surface area contributed by atoms with Crippen LogP contribution in [-0.4, -0.2) is 34.7 Å². The van der Waals surface area contributed by atoms with Gasteiger partial charge in [-0.2, -0.15) is 0 Å². The number of rotatable bonds is 3. The van der Waals surface area contributed by atoms with Crippen molar-refractivity contribution in [3.05, 3.63) is 33.8 Å². The summed E-state index contributed by atoms with van der Waals surface area (Å²) in [5.41, 5.74) is -0.820. The van der Waals surface area contributed by atoms with Crippen LogP contribution in [0.4, 0.5) is 4.79 Å². The molecule has 3 amide bonds. The number of ketones is 1. The Hall–Kier alpha value is -1.59. The van der Waals surface area contributed by atoms with Gasteiger partial charge in [-0.25, -0.2) is 4.79 Å². The van der Waals surface area contributed by atoms with E-state index in [1.54, 1.807) is 19.9 Å². The maximum absolute atomic E-state index is 12.2. The molecule has 1 fully saturated rings. The molecule has 1 aromatic rings. The third-order valence-corrected chi connectivity index (χ3v) is 3.54. The van der Waals surface area contributed by atoms with E-state index in [9.17, 15) is 14.4 Å². The molecule has 0 unspecified atom stereocenters. The van der Waals surface area contributed by atoms with Crippen molar-refractivity contribution in [3.8, 4) is 0 Å². The van der Waals surface area contributed by atoms with Gasteiger partial charge in [0.2, 0.25) is 0 Å². The summed E-state index contributed by atoms with van der Waals surface area (Å²) >= 11 is 11.7. The molecule has 0 aliphatic carbocycles. The van der Waals surface area contributed by atoms with E-state index in [-0.39, 0.29) is 17.1 Å². The van der Waals surface area contributed by atoms with Crippen LogP contribution in [0, 0.1) is 0 Å². The van der Waals surface area contributed by atoms with Crippen LogP contribution in [0.3, 0.4) is 0 Å². The molecule has 0 bridgehead atoms. The number of carbonyl (C=O) groups is 3. The smallest absolute Gasteiger partial charge is 0.324 e. The van der Waals surface area contributed by atoms with Crippen molar-refractivity contribution < 1.29 is 14.4 Å². The van der Waals surface area contributed by atoms with Crippen LogP contribution in [0.1, 0.15) is 24.2 Å². The number of amides is 3. The minimum absolute atomic E-state index is 0.185. The van der Waals surface area contributed by atoms with E-state index in [1.807, 2.05) is 0 Å². The molecule has 0 saturated carbocycles. The topological polar surface area (TPSA) is 66.5 Å². The van der Waals surface area contributed by atoms with Crippen molar-refractivity contribution in [2.24, 2.45) is 0 Å². The summed E-state index contributed by atoms with van der Waals surface area (Å²) in [4.78, 5) is 36.7. The molecule has 0 spiro atoms. The number of hydrogen-bond donors (Lipinski definition) is 1. The molecule has 7 heteroatoms. The summed E-state index contributed by atoms with van der Waals surface area (Å²) in [5.74, 6) is -0.896. The van der Waals surface area contributed by atoms with Crippen molar-refractivity contribution in [1.82, 2.24) is 10.2 Å². The summed E-state index contributed by atoms with van der Waals surface area (Å²) in [5, 5.41) is 3.09. The Morgan fingerprint density at radius 3 is 2.50 bits per heavy atom. The molecule has 1 saturated heterocycles. The van der Waals surface area contributed by atoms with Gasteiger partial charge in [0.1, 0.15) is 5.54 Å². The van der Waals surface area contributed by atoms with Gasteiger partial charge in [0.05, 0.1) is 11.6 Å². The lowest BCUT2D eigenvalue weighted by molar-refractivity contribution is -0.129. The molecule has 5 nitrogen and oxygen atoms in total. The monoisotopic (exact) mass is 314 g/mol. The molecule has 20 heavy (non-hydrogen) atoms. The highest BCUT2D eigenvalue weighted by Gasteiger charge is 2.44. The first kappa shape index (κ1) is 14.8. The summed E-state index contributed by atoms with van der Waals surface area (Å²) in [6.07, 6.45) is 0. The summed E-state index contributed by atoms with van der Waals surface area (Å²) in [6.45, 7) is 2.78. The molecule has 0 aromatic heterocycles. The number of carbonyl (C=O) groups excluding carboxylic acids is 3. The second-order valence-electron chi connectivity index (χ2n) is 4.99. The lowest BCUT2D eigenvalue weighted by atomic mass is 10.1. The molecule has 1 aliphatic heterocycles. The quantitative estimate of drug-likeness (QED) is 0.688. The Morgan fingerprint density at radius 1 is 1.30 bits per heavy atom. The minimum atomic E-state index is -1.00. The molecular weight excluding hydrogens is 303 g/mol. The largest absolute Gasteiger partial charge is 0.325 e. The predicted octanol–water partition coefficient (Wildman–Crippen LogP) is 2.51. The molecule has 0 radical (unpaired) electrons. The third-order valence-electron chi connectivity index (χ3n) is 2.97. The molecule has 1 heterocycles. The van der Waals surface area contributed by atoms with E-state index in [1.165, 1.54) is 12.1 Å². The van der Waals surface area contributed by atoms with Crippen LogP contribution < -0.4 is 5.32 Å². The lowest BCUT2D eigenvalue weighted by Gasteiger charge is -2.15. The van der Waals surface area contributed by atoms with Gasteiger partial charge in [0, 0.05) is 10.6 Å². The molecule has 0 atom stereocenters. The molecule has 1 aromatic carbocycles. The maximum Gasteiger partial charge on any atom is 0.325 e. The Labute approximate surface area is 125 Å². The molecule has 1 N–H and O–H groups in total. The highest BCUT2D eigenvalue weighted by atomic mass is 35.5. The number of imide groups is 1. The van der Waals surface area contributed by atoms with E-state index >= 15 is 0 Å². The van der Waals surface area contributed by atoms with E-state index in [0.717, 1.165) is 4.90 Å². The Morgan fingerprint density at radius 2 is 1.95 bits per heavy atom. The molecule has 106 valence electrons. The second-order valence-corrected chi connectivity index (χ2v) is 5.84. The van der Waals surface area contributed by atoms with E-state index < -0.39 is 23.3 Å². The molecule has 1 aliphatic rings. The number of urea groups is 1. The van der Waals surface area contributed by atoms with Gasteiger partial charge in [0.15, 0.2) is 5.78 Å². The fourth-order valence-corrected chi connectivity index (χ4v) is 2.30. The van der Waals surface area contributed by atoms with E-state index in [4.69, 9.17) is 23.2 Å². The zero-order chi connectivity index (χ0) is 15.1. The average molecular weight is 315 g/mol. The molecular formula is C13H12Cl2N2O3. The number of benzene rings is 1. The zero-order valence-electron chi connectivity index (χ0n) is 10.9. The zero-order valence-corrected chi connectivity index (χ0v) is 12.4. The van der Waals surface area contributed by atoms with Crippen LogP contribution in [0.2, 0.25) is 10.0 Å². The Bertz CT molecular complexity index is 614. The van der Waals surface area contributed by atoms with Gasteiger partial charge in [0.25, 0.3) is 5.91 Å². The van der Waals surface area contributed by atoms with Crippen molar-refractivity contribution in [2.45, 2.75) is 19.4 Å². The van der Waals surface area contributed by atoms with Crippen LogP contribution in [-0.2, 0) is 4.79 Å². The second kappa shape index (κ2) is 5.07. The summed E-state index contributed by atoms with van der Waals surface area (Å²) in [6, 6.07) is 3.87. The van der Waals surface area contributed by atoms with Crippen molar-refractivity contribution in [2.75, 3.05) is 6.54 Å². The van der Waals surface area contributed by atoms with Crippen LogP contribution in [0.5, 0.6) is 0 Å². The first-order chi connectivity index (χ1) is 9.22.